The van der Waals surface area contributed by atoms with Crippen molar-refractivity contribution >= 4 is 11.6 Å². The molecule has 0 spiro atoms. The van der Waals surface area contributed by atoms with Crippen LogP contribution in [0.15, 0.2) is 24.7 Å². The summed E-state index contributed by atoms with van der Waals surface area (Å²) in [6.07, 6.45) is 5.66. The smallest absolute Gasteiger partial charge is 0.303 e. The monoisotopic (exact) mass is 191 g/mol. The zero-order chi connectivity index (χ0) is 9.97. The van der Waals surface area contributed by atoms with Crippen LogP contribution in [0.5, 0.6) is 0 Å². The third-order valence-corrected chi connectivity index (χ3v) is 1.94. The number of aliphatic carboxylic acids is 1. The highest BCUT2D eigenvalue weighted by atomic mass is 16.4. The highest BCUT2D eigenvalue weighted by Crippen LogP contribution is 2.05. The molecule has 14 heavy (non-hydrogen) atoms. The Kier molecular flexibility index (Phi) is 2.14. The van der Waals surface area contributed by atoms with Gasteiger partial charge >= 0.3 is 5.97 Å². The maximum Gasteiger partial charge on any atom is 0.303 e. The van der Waals surface area contributed by atoms with Gasteiger partial charge in [-0.25, -0.2) is 9.97 Å². The van der Waals surface area contributed by atoms with Gasteiger partial charge in [0.25, 0.3) is 0 Å². The number of aromatic nitrogens is 3. The highest BCUT2D eigenvalue weighted by Gasteiger charge is 2.05. The minimum atomic E-state index is -0.814. The Morgan fingerprint density at radius 3 is 3.14 bits per heavy atom. The molecular formula is C9H9N3O2. The summed E-state index contributed by atoms with van der Waals surface area (Å²) in [5.41, 5.74) is 0.743. The Labute approximate surface area is 80.0 Å². The number of rotatable bonds is 3. The average molecular weight is 191 g/mol. The second kappa shape index (κ2) is 3.45. The van der Waals surface area contributed by atoms with E-state index >= 15 is 0 Å². The number of nitrogens with zero attached hydrogens (tertiary/aromatic N) is 3. The van der Waals surface area contributed by atoms with Crippen molar-refractivity contribution in [3.8, 4) is 0 Å². The molecule has 2 rings (SSSR count). The molecule has 2 heterocycles. The topological polar surface area (TPSA) is 67.5 Å². The van der Waals surface area contributed by atoms with Crippen molar-refractivity contribution in [1.29, 1.82) is 0 Å². The molecule has 2 aromatic heterocycles. The van der Waals surface area contributed by atoms with Crippen LogP contribution in [0.1, 0.15) is 12.2 Å². The Hall–Kier alpha value is -1.91. The zero-order valence-corrected chi connectivity index (χ0v) is 7.42. The van der Waals surface area contributed by atoms with E-state index < -0.39 is 5.97 Å². The molecular weight excluding hydrogens is 182 g/mol. The fraction of sp³-hybridized carbons (Fsp3) is 0.222. The van der Waals surface area contributed by atoms with Gasteiger partial charge < -0.3 is 5.11 Å². The van der Waals surface area contributed by atoms with Gasteiger partial charge in [-0.15, -0.1) is 0 Å². The molecule has 0 fully saturated rings. The van der Waals surface area contributed by atoms with E-state index in [0.29, 0.717) is 6.42 Å². The lowest BCUT2D eigenvalue weighted by molar-refractivity contribution is -0.137. The summed E-state index contributed by atoms with van der Waals surface area (Å²) in [6, 6.07) is 1.79. The number of aryl methyl sites for hydroxylation is 1. The Balaban J connectivity index is 2.29. The van der Waals surface area contributed by atoms with Crippen LogP contribution in [0.2, 0.25) is 0 Å². The minimum absolute atomic E-state index is 0.0913. The maximum absolute atomic E-state index is 10.4. The molecule has 0 aromatic carbocycles. The fourth-order valence-corrected chi connectivity index (χ4v) is 1.29. The molecule has 0 saturated carbocycles. The van der Waals surface area contributed by atoms with Crippen molar-refractivity contribution in [2.75, 3.05) is 0 Å². The van der Waals surface area contributed by atoms with E-state index in [2.05, 4.69) is 9.97 Å². The predicted octanol–water partition coefficient (Wildman–Crippen LogP) is 0.746. The van der Waals surface area contributed by atoms with Crippen LogP contribution in [0, 0.1) is 0 Å². The second-order valence-electron chi connectivity index (χ2n) is 2.92. The summed E-state index contributed by atoms with van der Waals surface area (Å²) in [5, 5.41) is 8.53. The molecule has 1 N–H and O–H groups in total. The Bertz CT molecular complexity index is 464. The first-order chi connectivity index (χ1) is 6.77. The summed E-state index contributed by atoms with van der Waals surface area (Å²) >= 11 is 0. The van der Waals surface area contributed by atoms with Gasteiger partial charge in [-0.05, 0) is 6.07 Å². The molecule has 72 valence electrons. The van der Waals surface area contributed by atoms with Gasteiger partial charge in [0.2, 0.25) is 0 Å². The summed E-state index contributed by atoms with van der Waals surface area (Å²) < 4.78 is 1.79. The van der Waals surface area contributed by atoms with Gasteiger partial charge in [-0.1, -0.05) is 0 Å². The molecule has 0 atom stereocenters. The van der Waals surface area contributed by atoms with Crippen LogP contribution in [-0.2, 0) is 11.2 Å². The van der Waals surface area contributed by atoms with Crippen molar-refractivity contribution in [2.45, 2.75) is 12.8 Å². The Morgan fingerprint density at radius 2 is 2.36 bits per heavy atom. The fourth-order valence-electron chi connectivity index (χ4n) is 1.29. The normalized spacial score (nSPS) is 10.6. The van der Waals surface area contributed by atoms with Gasteiger partial charge in [0.15, 0.2) is 5.65 Å². The minimum Gasteiger partial charge on any atom is -0.481 e. The van der Waals surface area contributed by atoms with Crippen LogP contribution in [0.4, 0.5) is 0 Å². The number of hydrogen-bond acceptors (Lipinski definition) is 3. The quantitative estimate of drug-likeness (QED) is 0.777. The SMILES string of the molecule is O=C(O)CCc1ncc2ncccn12. The van der Waals surface area contributed by atoms with Crippen LogP contribution in [-0.4, -0.2) is 25.4 Å². The standard InChI is InChI=1S/C9H9N3O2/c13-9(14)3-2-7-11-6-8-10-4-1-5-12(7)8/h1,4-6H,2-3H2,(H,13,14). The molecule has 0 aliphatic carbocycles. The van der Waals surface area contributed by atoms with E-state index in [9.17, 15) is 4.79 Å². The lowest BCUT2D eigenvalue weighted by Crippen LogP contribution is -2.01. The van der Waals surface area contributed by atoms with Crippen molar-refractivity contribution in [2.24, 2.45) is 0 Å². The van der Waals surface area contributed by atoms with E-state index in [0.717, 1.165) is 11.5 Å². The summed E-state index contributed by atoms with van der Waals surface area (Å²) in [7, 11) is 0. The lowest BCUT2D eigenvalue weighted by Gasteiger charge is -1.97. The molecule has 2 aromatic rings. The highest BCUT2D eigenvalue weighted by molar-refractivity contribution is 5.66. The van der Waals surface area contributed by atoms with Crippen LogP contribution < -0.4 is 0 Å². The second-order valence-corrected chi connectivity index (χ2v) is 2.92. The molecule has 0 saturated heterocycles. The van der Waals surface area contributed by atoms with E-state index in [1.54, 1.807) is 22.9 Å². The maximum atomic E-state index is 10.4. The molecule has 0 amide bonds. The van der Waals surface area contributed by atoms with Crippen molar-refractivity contribution in [3.05, 3.63) is 30.5 Å². The first-order valence-electron chi connectivity index (χ1n) is 4.26. The summed E-state index contributed by atoms with van der Waals surface area (Å²) in [4.78, 5) is 18.6. The van der Waals surface area contributed by atoms with E-state index in [-0.39, 0.29) is 6.42 Å². The average Bonchev–Trinajstić information content (AvgIpc) is 2.58. The summed E-state index contributed by atoms with van der Waals surface area (Å²) in [6.45, 7) is 0. The van der Waals surface area contributed by atoms with Crippen molar-refractivity contribution in [1.82, 2.24) is 14.4 Å². The first kappa shape index (κ1) is 8.68. The molecule has 5 nitrogen and oxygen atoms in total. The molecule has 0 aliphatic heterocycles. The van der Waals surface area contributed by atoms with Crippen molar-refractivity contribution in [3.63, 3.8) is 0 Å². The van der Waals surface area contributed by atoms with Gasteiger partial charge in [-0.2, -0.15) is 0 Å². The van der Waals surface area contributed by atoms with E-state index in [1.165, 1.54) is 0 Å². The van der Waals surface area contributed by atoms with E-state index in [1.807, 2.05) is 6.20 Å². The zero-order valence-electron chi connectivity index (χ0n) is 7.42. The van der Waals surface area contributed by atoms with Crippen molar-refractivity contribution < 1.29 is 9.90 Å². The third-order valence-electron chi connectivity index (χ3n) is 1.94. The van der Waals surface area contributed by atoms with Gasteiger partial charge in [-0.3, -0.25) is 9.20 Å². The number of fused-ring (bicyclic) bond motifs is 1. The molecule has 0 aliphatic rings. The lowest BCUT2D eigenvalue weighted by atomic mass is 10.3. The number of carbonyl (C=O) groups is 1. The largest absolute Gasteiger partial charge is 0.481 e. The number of carboxylic acids is 1. The van der Waals surface area contributed by atoms with Crippen LogP contribution >= 0.6 is 0 Å². The molecule has 0 bridgehead atoms. The van der Waals surface area contributed by atoms with Gasteiger partial charge in [0.1, 0.15) is 5.82 Å². The molecule has 0 radical (unpaired) electrons. The van der Waals surface area contributed by atoms with Gasteiger partial charge in [0, 0.05) is 18.8 Å². The predicted molar refractivity (Wildman–Crippen MR) is 48.9 cm³/mol. The van der Waals surface area contributed by atoms with Gasteiger partial charge in [0.05, 0.1) is 12.6 Å². The first-order valence-corrected chi connectivity index (χ1v) is 4.26. The number of imidazole rings is 1. The van der Waals surface area contributed by atoms with Crippen LogP contribution in [0.25, 0.3) is 5.65 Å². The Morgan fingerprint density at radius 1 is 1.50 bits per heavy atom. The third kappa shape index (κ3) is 1.56. The number of carboxylic acid groups (broad SMARTS) is 1. The number of hydrogen-bond donors (Lipinski definition) is 1. The van der Waals surface area contributed by atoms with Crippen LogP contribution in [0.3, 0.4) is 0 Å². The summed E-state index contributed by atoms with van der Waals surface area (Å²) in [5.74, 6) is -0.0823. The molecule has 5 heteroatoms. The van der Waals surface area contributed by atoms with E-state index in [4.69, 9.17) is 5.11 Å². The molecule has 0 unspecified atom stereocenters.